The molecule has 0 aromatic heterocycles. The summed E-state index contributed by atoms with van der Waals surface area (Å²) in [6.45, 7) is 2.01. The summed E-state index contributed by atoms with van der Waals surface area (Å²) in [6.07, 6.45) is 0.716. The summed E-state index contributed by atoms with van der Waals surface area (Å²) in [4.78, 5) is 38.0. The molecule has 2 aromatic carbocycles. The number of nitrogens with one attached hydrogen (secondary N) is 1. The van der Waals surface area contributed by atoms with Gasteiger partial charge in [0.05, 0.1) is 0 Å². The normalized spacial score (nSPS) is 19.0. The van der Waals surface area contributed by atoms with E-state index >= 15 is 0 Å². The predicted octanol–water partition coefficient (Wildman–Crippen LogP) is 2.88. The van der Waals surface area contributed by atoms with Crippen LogP contribution in [0.25, 0.3) is 0 Å². The van der Waals surface area contributed by atoms with Gasteiger partial charge in [-0.2, -0.15) is 11.8 Å². The number of nitrogens with two attached hydrogens (primary N) is 1. The van der Waals surface area contributed by atoms with Gasteiger partial charge in [-0.3, -0.25) is 14.5 Å². The molecule has 1 atom stereocenters. The molecular weight excluding hydrogens is 374 g/mol. The van der Waals surface area contributed by atoms with Gasteiger partial charge in [-0.1, -0.05) is 42.5 Å². The highest BCUT2D eigenvalue weighted by Gasteiger charge is 2.48. The molecule has 3 N–H and O–H groups in total. The van der Waals surface area contributed by atoms with Crippen molar-refractivity contribution in [2.24, 2.45) is 5.73 Å². The number of thioether (sulfide) groups is 1. The minimum Gasteiger partial charge on any atom is -0.366 e. The van der Waals surface area contributed by atoms with Gasteiger partial charge in [0.25, 0.3) is 5.91 Å². The fourth-order valence-electron chi connectivity index (χ4n) is 3.17. The molecule has 0 saturated carbocycles. The number of rotatable bonds is 8. The fourth-order valence-corrected chi connectivity index (χ4v) is 4.07. The van der Waals surface area contributed by atoms with E-state index in [2.05, 4.69) is 17.4 Å². The number of nitrogens with zero attached hydrogens (tertiary/aromatic N) is 1. The topological polar surface area (TPSA) is 92.5 Å². The van der Waals surface area contributed by atoms with Crippen molar-refractivity contribution in [1.82, 2.24) is 10.2 Å². The first kappa shape index (κ1) is 19.9. The molecule has 146 valence electrons. The van der Waals surface area contributed by atoms with Gasteiger partial charge in [-0.25, -0.2) is 4.79 Å². The van der Waals surface area contributed by atoms with Crippen molar-refractivity contribution in [3.05, 3.63) is 71.3 Å². The lowest BCUT2D eigenvalue weighted by molar-refractivity contribution is -0.131. The smallest absolute Gasteiger partial charge is 0.325 e. The van der Waals surface area contributed by atoms with Gasteiger partial charge in [0.15, 0.2) is 0 Å². The third kappa shape index (κ3) is 4.20. The second-order valence-electron chi connectivity index (χ2n) is 6.85. The highest BCUT2D eigenvalue weighted by Crippen LogP contribution is 2.29. The first-order valence-corrected chi connectivity index (χ1v) is 10.2. The second-order valence-corrected chi connectivity index (χ2v) is 7.95. The maximum absolute atomic E-state index is 12.9. The molecule has 1 aliphatic rings. The molecule has 1 saturated heterocycles. The SMILES string of the molecule is CC1(c2cccc(C(N)=O)c2)NC(=O)N(CCCSCc2ccccc2)C1=O. The van der Waals surface area contributed by atoms with Gasteiger partial charge in [-0.05, 0) is 42.4 Å². The van der Waals surface area contributed by atoms with Crippen LogP contribution in [0, 0.1) is 0 Å². The van der Waals surface area contributed by atoms with Crippen LogP contribution >= 0.6 is 11.8 Å². The number of imide groups is 1. The van der Waals surface area contributed by atoms with Crippen molar-refractivity contribution in [1.29, 1.82) is 0 Å². The van der Waals surface area contributed by atoms with Crippen LogP contribution in [-0.4, -0.2) is 35.0 Å². The van der Waals surface area contributed by atoms with E-state index in [1.807, 2.05) is 18.2 Å². The Morgan fingerprint density at radius 3 is 2.61 bits per heavy atom. The number of hydrogen-bond acceptors (Lipinski definition) is 4. The largest absolute Gasteiger partial charge is 0.366 e. The number of urea groups is 1. The monoisotopic (exact) mass is 397 g/mol. The molecule has 0 spiro atoms. The van der Waals surface area contributed by atoms with Crippen LogP contribution in [0.1, 0.15) is 34.8 Å². The van der Waals surface area contributed by atoms with Gasteiger partial charge in [0, 0.05) is 17.9 Å². The number of amides is 4. The predicted molar refractivity (Wildman–Crippen MR) is 110 cm³/mol. The van der Waals surface area contributed by atoms with Crippen molar-refractivity contribution in [3.63, 3.8) is 0 Å². The molecule has 1 aliphatic heterocycles. The van der Waals surface area contributed by atoms with Crippen molar-refractivity contribution in [2.75, 3.05) is 12.3 Å². The lowest BCUT2D eigenvalue weighted by Crippen LogP contribution is -2.41. The van der Waals surface area contributed by atoms with Crippen molar-refractivity contribution < 1.29 is 14.4 Å². The van der Waals surface area contributed by atoms with E-state index in [4.69, 9.17) is 5.73 Å². The molecule has 3 rings (SSSR count). The average molecular weight is 398 g/mol. The summed E-state index contributed by atoms with van der Waals surface area (Å²) >= 11 is 1.77. The maximum atomic E-state index is 12.9. The van der Waals surface area contributed by atoms with E-state index in [0.717, 1.165) is 11.5 Å². The summed E-state index contributed by atoms with van der Waals surface area (Å²) in [6, 6.07) is 16.3. The summed E-state index contributed by atoms with van der Waals surface area (Å²) in [7, 11) is 0. The standard InChI is InChI=1S/C21H23N3O3S/c1-21(17-10-5-9-16(13-17)18(22)25)19(26)24(20(27)23-21)11-6-12-28-14-15-7-3-2-4-8-15/h2-5,7-10,13H,6,11-12,14H2,1H3,(H2,22,25)(H,23,27). The first-order valence-electron chi connectivity index (χ1n) is 9.08. The summed E-state index contributed by atoms with van der Waals surface area (Å²) < 4.78 is 0. The Balaban J connectivity index is 1.58. The third-order valence-electron chi connectivity index (χ3n) is 4.78. The van der Waals surface area contributed by atoms with Gasteiger partial charge >= 0.3 is 6.03 Å². The molecule has 2 aromatic rings. The van der Waals surface area contributed by atoms with Crippen molar-refractivity contribution >= 4 is 29.6 Å². The number of carbonyl (C=O) groups excluding carboxylic acids is 3. The van der Waals surface area contributed by atoms with Crippen LogP contribution in [0.3, 0.4) is 0 Å². The molecule has 6 nitrogen and oxygen atoms in total. The third-order valence-corrected chi connectivity index (χ3v) is 5.90. The number of primary amides is 1. The van der Waals surface area contributed by atoms with Gasteiger partial charge in [0.2, 0.25) is 5.91 Å². The Bertz CT molecular complexity index is 887. The van der Waals surface area contributed by atoms with Crippen LogP contribution in [0.15, 0.2) is 54.6 Å². The van der Waals surface area contributed by atoms with Crippen LogP contribution in [0.2, 0.25) is 0 Å². The molecule has 1 unspecified atom stereocenters. The molecule has 0 aliphatic carbocycles. The van der Waals surface area contributed by atoms with E-state index < -0.39 is 17.5 Å². The van der Waals surface area contributed by atoms with Crippen molar-refractivity contribution in [2.45, 2.75) is 24.6 Å². The Morgan fingerprint density at radius 1 is 1.14 bits per heavy atom. The lowest BCUT2D eigenvalue weighted by Gasteiger charge is -2.22. The van der Waals surface area contributed by atoms with Gasteiger partial charge in [-0.15, -0.1) is 0 Å². The summed E-state index contributed by atoms with van der Waals surface area (Å²) in [5.41, 5.74) is 6.23. The maximum Gasteiger partial charge on any atom is 0.325 e. The van der Waals surface area contributed by atoms with E-state index in [9.17, 15) is 14.4 Å². The molecule has 1 heterocycles. The van der Waals surface area contributed by atoms with Crippen LogP contribution in [0.5, 0.6) is 0 Å². The average Bonchev–Trinajstić information content (AvgIpc) is 2.92. The molecule has 4 amide bonds. The second kappa shape index (κ2) is 8.48. The number of hydrogen-bond donors (Lipinski definition) is 2. The Labute approximate surface area is 168 Å². The quantitative estimate of drug-likeness (QED) is 0.529. The molecule has 7 heteroatoms. The highest BCUT2D eigenvalue weighted by atomic mass is 32.2. The lowest BCUT2D eigenvalue weighted by atomic mass is 9.90. The Morgan fingerprint density at radius 2 is 1.89 bits per heavy atom. The first-order chi connectivity index (χ1) is 13.4. The van der Waals surface area contributed by atoms with E-state index in [1.54, 1.807) is 43.0 Å². The van der Waals surface area contributed by atoms with Gasteiger partial charge in [0.1, 0.15) is 5.54 Å². The van der Waals surface area contributed by atoms with Crippen molar-refractivity contribution in [3.8, 4) is 0 Å². The summed E-state index contributed by atoms with van der Waals surface area (Å²) in [5.74, 6) is 0.861. The molecule has 28 heavy (non-hydrogen) atoms. The molecule has 0 radical (unpaired) electrons. The van der Waals surface area contributed by atoms with Crippen LogP contribution in [-0.2, 0) is 16.1 Å². The Kier molecular flexibility index (Phi) is 6.04. The van der Waals surface area contributed by atoms with E-state index in [0.29, 0.717) is 24.1 Å². The zero-order valence-electron chi connectivity index (χ0n) is 15.7. The minimum atomic E-state index is -1.19. The molecule has 1 fully saturated rings. The molecule has 0 bridgehead atoms. The zero-order chi connectivity index (χ0) is 20.1. The Hall–Kier alpha value is -2.80. The van der Waals surface area contributed by atoms with Crippen LogP contribution in [0.4, 0.5) is 4.79 Å². The fraction of sp³-hybridized carbons (Fsp3) is 0.286. The summed E-state index contributed by atoms with van der Waals surface area (Å²) in [5, 5.41) is 2.76. The van der Waals surface area contributed by atoms with E-state index in [-0.39, 0.29) is 5.91 Å². The van der Waals surface area contributed by atoms with Gasteiger partial charge < -0.3 is 11.1 Å². The van der Waals surface area contributed by atoms with Crippen LogP contribution < -0.4 is 11.1 Å². The zero-order valence-corrected chi connectivity index (χ0v) is 16.5. The number of carbonyl (C=O) groups is 3. The van der Waals surface area contributed by atoms with E-state index in [1.165, 1.54) is 10.5 Å². The minimum absolute atomic E-state index is 0.302. The number of benzene rings is 2. The highest BCUT2D eigenvalue weighted by molar-refractivity contribution is 7.98. The molecular formula is C21H23N3O3S.